The summed E-state index contributed by atoms with van der Waals surface area (Å²) in [5.41, 5.74) is 9.66. The summed E-state index contributed by atoms with van der Waals surface area (Å²) in [5.74, 6) is 2.32. The predicted molar refractivity (Wildman–Crippen MR) is 62.4 cm³/mol. The summed E-state index contributed by atoms with van der Waals surface area (Å²) in [6.45, 7) is 5.06. The van der Waals surface area contributed by atoms with Crippen LogP contribution in [-0.4, -0.2) is 13.7 Å². The van der Waals surface area contributed by atoms with Crippen molar-refractivity contribution in [2.75, 3.05) is 13.7 Å². The first-order valence-electron chi connectivity index (χ1n) is 5.52. The van der Waals surface area contributed by atoms with Crippen molar-refractivity contribution in [3.05, 3.63) is 28.8 Å². The van der Waals surface area contributed by atoms with Crippen LogP contribution < -0.4 is 10.5 Å². The van der Waals surface area contributed by atoms with E-state index in [2.05, 4.69) is 26.0 Å². The van der Waals surface area contributed by atoms with Gasteiger partial charge in [0.1, 0.15) is 5.75 Å². The standard InChI is InChI=1S/C13H19NO/c1-8-4-12(11-6-10(11)7-14)13(15-3)5-9(8)2/h4-5,10-11H,6-7,14H2,1-3H3. The molecule has 0 aliphatic heterocycles. The number of rotatable bonds is 3. The van der Waals surface area contributed by atoms with Crippen LogP contribution in [-0.2, 0) is 0 Å². The van der Waals surface area contributed by atoms with E-state index in [1.165, 1.54) is 23.1 Å². The Balaban J connectivity index is 2.34. The minimum absolute atomic E-state index is 0.629. The molecule has 0 aromatic heterocycles. The van der Waals surface area contributed by atoms with Crippen LogP contribution in [0.1, 0.15) is 29.0 Å². The average Bonchev–Trinajstić information content (AvgIpc) is 3.00. The third-order valence-electron chi connectivity index (χ3n) is 3.47. The molecule has 0 heterocycles. The summed E-state index contributed by atoms with van der Waals surface area (Å²) in [6, 6.07) is 4.39. The molecular formula is C13H19NO. The fourth-order valence-corrected chi connectivity index (χ4v) is 2.17. The molecule has 0 amide bonds. The lowest BCUT2D eigenvalue weighted by molar-refractivity contribution is 0.408. The molecule has 0 bridgehead atoms. The zero-order valence-electron chi connectivity index (χ0n) is 9.71. The van der Waals surface area contributed by atoms with Crippen molar-refractivity contribution < 1.29 is 4.74 Å². The third kappa shape index (κ3) is 1.86. The number of methoxy groups -OCH3 is 1. The first kappa shape index (κ1) is 10.5. The van der Waals surface area contributed by atoms with Crippen LogP contribution in [0.4, 0.5) is 0 Å². The van der Waals surface area contributed by atoms with E-state index in [1.807, 2.05) is 0 Å². The lowest BCUT2D eigenvalue weighted by Crippen LogP contribution is -2.03. The van der Waals surface area contributed by atoms with E-state index >= 15 is 0 Å². The van der Waals surface area contributed by atoms with Gasteiger partial charge in [-0.05, 0) is 61.4 Å². The molecule has 2 atom stereocenters. The van der Waals surface area contributed by atoms with Gasteiger partial charge in [0.2, 0.25) is 0 Å². The zero-order valence-corrected chi connectivity index (χ0v) is 9.71. The van der Waals surface area contributed by atoms with E-state index in [0.717, 1.165) is 12.3 Å². The average molecular weight is 205 g/mol. The number of nitrogens with two attached hydrogens (primary N) is 1. The molecule has 15 heavy (non-hydrogen) atoms. The Morgan fingerprint density at radius 1 is 1.33 bits per heavy atom. The molecule has 2 N–H and O–H groups in total. The second-order valence-corrected chi connectivity index (χ2v) is 4.52. The Morgan fingerprint density at radius 3 is 2.53 bits per heavy atom. The summed E-state index contributed by atoms with van der Waals surface area (Å²) >= 11 is 0. The summed E-state index contributed by atoms with van der Waals surface area (Å²) in [4.78, 5) is 0. The largest absolute Gasteiger partial charge is 0.496 e. The Morgan fingerprint density at radius 2 is 2.00 bits per heavy atom. The van der Waals surface area contributed by atoms with Crippen LogP contribution in [0.5, 0.6) is 5.75 Å². The lowest BCUT2D eigenvalue weighted by Gasteiger charge is -2.11. The van der Waals surface area contributed by atoms with Crippen LogP contribution in [0.2, 0.25) is 0 Å². The quantitative estimate of drug-likeness (QED) is 0.822. The highest BCUT2D eigenvalue weighted by Crippen LogP contribution is 2.50. The number of benzene rings is 1. The fraction of sp³-hybridized carbons (Fsp3) is 0.538. The SMILES string of the molecule is COc1cc(C)c(C)cc1C1CC1CN. The van der Waals surface area contributed by atoms with E-state index in [4.69, 9.17) is 10.5 Å². The van der Waals surface area contributed by atoms with Crippen LogP contribution in [0.3, 0.4) is 0 Å². The molecule has 0 saturated heterocycles. The van der Waals surface area contributed by atoms with Crippen molar-refractivity contribution in [3.8, 4) is 5.75 Å². The summed E-state index contributed by atoms with van der Waals surface area (Å²) < 4.78 is 5.43. The number of ether oxygens (including phenoxy) is 1. The van der Waals surface area contributed by atoms with Crippen molar-refractivity contribution in [1.82, 2.24) is 0 Å². The summed E-state index contributed by atoms with van der Waals surface area (Å²) in [5, 5.41) is 0. The van der Waals surface area contributed by atoms with Crippen molar-refractivity contribution in [2.45, 2.75) is 26.2 Å². The van der Waals surface area contributed by atoms with E-state index in [0.29, 0.717) is 11.8 Å². The van der Waals surface area contributed by atoms with Crippen LogP contribution in [0.15, 0.2) is 12.1 Å². The first-order valence-corrected chi connectivity index (χ1v) is 5.52. The Kier molecular flexibility index (Phi) is 2.70. The highest BCUT2D eigenvalue weighted by Gasteiger charge is 2.38. The molecule has 1 aliphatic rings. The molecule has 1 saturated carbocycles. The summed E-state index contributed by atoms with van der Waals surface area (Å²) in [6.07, 6.45) is 1.22. The second-order valence-electron chi connectivity index (χ2n) is 4.52. The maximum atomic E-state index is 5.68. The highest BCUT2D eigenvalue weighted by molar-refractivity contribution is 5.45. The monoisotopic (exact) mass is 205 g/mol. The van der Waals surface area contributed by atoms with Gasteiger partial charge >= 0.3 is 0 Å². The van der Waals surface area contributed by atoms with Crippen molar-refractivity contribution >= 4 is 0 Å². The molecule has 1 aromatic carbocycles. The topological polar surface area (TPSA) is 35.2 Å². The number of aryl methyl sites for hydroxylation is 2. The molecule has 0 spiro atoms. The maximum Gasteiger partial charge on any atom is 0.122 e. The van der Waals surface area contributed by atoms with Crippen LogP contribution in [0.25, 0.3) is 0 Å². The molecule has 1 aliphatic carbocycles. The van der Waals surface area contributed by atoms with Gasteiger partial charge in [0.25, 0.3) is 0 Å². The van der Waals surface area contributed by atoms with Crippen LogP contribution in [0, 0.1) is 19.8 Å². The van der Waals surface area contributed by atoms with Gasteiger partial charge < -0.3 is 10.5 Å². The third-order valence-corrected chi connectivity index (χ3v) is 3.47. The van der Waals surface area contributed by atoms with E-state index < -0.39 is 0 Å². The van der Waals surface area contributed by atoms with Gasteiger partial charge in [-0.1, -0.05) is 6.07 Å². The van der Waals surface area contributed by atoms with Gasteiger partial charge in [-0.2, -0.15) is 0 Å². The lowest BCUT2D eigenvalue weighted by atomic mass is 10.0. The van der Waals surface area contributed by atoms with E-state index in [9.17, 15) is 0 Å². The predicted octanol–water partition coefficient (Wildman–Crippen LogP) is 2.37. The molecule has 82 valence electrons. The molecule has 2 unspecified atom stereocenters. The highest BCUT2D eigenvalue weighted by atomic mass is 16.5. The normalized spacial score (nSPS) is 24.0. The molecule has 2 nitrogen and oxygen atoms in total. The van der Waals surface area contributed by atoms with Crippen molar-refractivity contribution in [1.29, 1.82) is 0 Å². The zero-order chi connectivity index (χ0) is 11.0. The Hall–Kier alpha value is -1.02. The van der Waals surface area contributed by atoms with Gasteiger partial charge in [-0.25, -0.2) is 0 Å². The van der Waals surface area contributed by atoms with E-state index in [1.54, 1.807) is 7.11 Å². The van der Waals surface area contributed by atoms with Crippen molar-refractivity contribution in [2.24, 2.45) is 11.7 Å². The molecule has 2 heteroatoms. The van der Waals surface area contributed by atoms with Gasteiger partial charge in [-0.15, -0.1) is 0 Å². The molecule has 0 radical (unpaired) electrons. The van der Waals surface area contributed by atoms with Gasteiger partial charge in [0.15, 0.2) is 0 Å². The second kappa shape index (κ2) is 3.86. The van der Waals surface area contributed by atoms with Gasteiger partial charge in [0, 0.05) is 0 Å². The molecule has 1 fully saturated rings. The smallest absolute Gasteiger partial charge is 0.122 e. The summed E-state index contributed by atoms with van der Waals surface area (Å²) in [7, 11) is 1.74. The Bertz CT molecular complexity index is 373. The number of hydrogen-bond donors (Lipinski definition) is 1. The van der Waals surface area contributed by atoms with Crippen molar-refractivity contribution in [3.63, 3.8) is 0 Å². The molecule has 2 rings (SSSR count). The number of hydrogen-bond acceptors (Lipinski definition) is 2. The maximum absolute atomic E-state index is 5.68. The molecule has 1 aromatic rings. The molecular weight excluding hydrogens is 186 g/mol. The van der Waals surface area contributed by atoms with Gasteiger partial charge in [-0.3, -0.25) is 0 Å². The minimum Gasteiger partial charge on any atom is -0.496 e. The Labute approximate surface area is 91.4 Å². The van der Waals surface area contributed by atoms with E-state index in [-0.39, 0.29) is 0 Å². The minimum atomic E-state index is 0.629. The van der Waals surface area contributed by atoms with Gasteiger partial charge in [0.05, 0.1) is 7.11 Å². The fourth-order valence-electron chi connectivity index (χ4n) is 2.17. The first-order chi connectivity index (χ1) is 7.17. The van der Waals surface area contributed by atoms with Crippen LogP contribution >= 0.6 is 0 Å².